The first-order chi connectivity index (χ1) is 16.4. The molecule has 1 N–H and O–H groups in total. The average molecular weight is 489 g/mol. The number of likely N-dealkylation sites (N-methyl/N-ethyl adjacent to an activating group) is 1. The summed E-state index contributed by atoms with van der Waals surface area (Å²) >= 11 is 0. The van der Waals surface area contributed by atoms with Crippen molar-refractivity contribution in [1.82, 2.24) is 20.0 Å². The van der Waals surface area contributed by atoms with Crippen LogP contribution in [0.25, 0.3) is 5.69 Å². The van der Waals surface area contributed by atoms with E-state index in [1.165, 1.54) is 23.7 Å². The van der Waals surface area contributed by atoms with Crippen LogP contribution in [0.5, 0.6) is 5.75 Å². The van der Waals surface area contributed by atoms with Gasteiger partial charge in [0.2, 0.25) is 0 Å². The minimum absolute atomic E-state index is 0.0581. The highest BCUT2D eigenvalue weighted by molar-refractivity contribution is 6.43. The van der Waals surface area contributed by atoms with Gasteiger partial charge in [0, 0.05) is 6.54 Å². The van der Waals surface area contributed by atoms with Crippen LogP contribution >= 0.6 is 0 Å². The highest BCUT2D eigenvalue weighted by Gasteiger charge is 2.31. The van der Waals surface area contributed by atoms with Crippen LogP contribution in [0.15, 0.2) is 48.5 Å². The normalized spacial score (nSPS) is 12.5. The van der Waals surface area contributed by atoms with Crippen LogP contribution in [0.2, 0.25) is 0 Å². The van der Waals surface area contributed by atoms with E-state index in [2.05, 4.69) is 10.4 Å². The lowest BCUT2D eigenvalue weighted by atomic mass is 10.0. The molecule has 0 radical (unpaired) electrons. The van der Waals surface area contributed by atoms with Gasteiger partial charge in [0.05, 0.1) is 41.4 Å². The predicted octanol–water partition coefficient (Wildman–Crippen LogP) is 4.12. The molecule has 186 valence electrons. The topological polar surface area (TPSA) is 76.5 Å². The van der Waals surface area contributed by atoms with E-state index in [4.69, 9.17) is 4.74 Å². The maximum Gasteiger partial charge on any atom is 0.416 e. The summed E-state index contributed by atoms with van der Waals surface area (Å²) in [5, 5.41) is 6.90. The first-order valence-electron chi connectivity index (χ1n) is 10.8. The number of hydrogen-bond acceptors (Lipinski definition) is 5. The van der Waals surface area contributed by atoms with Crippen LogP contribution in [0.1, 0.15) is 38.9 Å². The zero-order chi connectivity index (χ0) is 25.9. The molecule has 1 aromatic heterocycles. The molecule has 1 amide bonds. The Morgan fingerprint density at radius 2 is 1.80 bits per heavy atom. The van der Waals surface area contributed by atoms with E-state index < -0.39 is 23.4 Å². The molecule has 0 aliphatic carbocycles. The van der Waals surface area contributed by atoms with Gasteiger partial charge >= 0.3 is 6.18 Å². The average Bonchev–Trinajstić information content (AvgIpc) is 3.11. The van der Waals surface area contributed by atoms with E-state index in [1.54, 1.807) is 14.0 Å². The number of methoxy groups -OCH3 is 1. The number of nitrogens with one attached hydrogen (secondary N) is 1. The second kappa shape index (κ2) is 10.3. The second-order valence-electron chi connectivity index (χ2n) is 8.30. The van der Waals surface area contributed by atoms with Gasteiger partial charge in [-0.2, -0.15) is 18.3 Å². The van der Waals surface area contributed by atoms with Gasteiger partial charge in [-0.3, -0.25) is 9.59 Å². The van der Waals surface area contributed by atoms with Gasteiger partial charge in [0.1, 0.15) is 5.75 Å². The Bertz CT molecular complexity index is 1230. The number of aromatic nitrogens is 2. The van der Waals surface area contributed by atoms with Gasteiger partial charge in [-0.05, 0) is 63.8 Å². The third-order valence-corrected chi connectivity index (χ3v) is 5.70. The summed E-state index contributed by atoms with van der Waals surface area (Å²) in [5.41, 5.74) is 0.788. The van der Waals surface area contributed by atoms with Gasteiger partial charge < -0.3 is 15.0 Å². The molecule has 0 bridgehead atoms. The van der Waals surface area contributed by atoms with Crippen molar-refractivity contribution in [2.24, 2.45) is 0 Å². The van der Waals surface area contributed by atoms with E-state index in [0.717, 1.165) is 17.7 Å². The summed E-state index contributed by atoms with van der Waals surface area (Å²) in [6, 6.07) is 11.8. The van der Waals surface area contributed by atoms with Crippen LogP contribution in [-0.2, 0) is 11.0 Å². The van der Waals surface area contributed by atoms with E-state index >= 15 is 0 Å². The molecular weight excluding hydrogens is 461 g/mol. The molecule has 7 nitrogen and oxygen atoms in total. The lowest BCUT2D eigenvalue weighted by molar-refractivity contribution is -0.137. The van der Waals surface area contributed by atoms with Gasteiger partial charge in [0.25, 0.3) is 11.7 Å². The maximum absolute atomic E-state index is 13.1. The summed E-state index contributed by atoms with van der Waals surface area (Å²) in [5.74, 6) is -0.957. The van der Waals surface area contributed by atoms with Crippen molar-refractivity contribution in [3.05, 3.63) is 76.6 Å². The van der Waals surface area contributed by atoms with Crippen molar-refractivity contribution < 1.29 is 27.5 Å². The Hall–Kier alpha value is -3.66. The van der Waals surface area contributed by atoms with Crippen LogP contribution in [0.4, 0.5) is 13.2 Å². The predicted molar refractivity (Wildman–Crippen MR) is 125 cm³/mol. The van der Waals surface area contributed by atoms with Crippen LogP contribution in [0.3, 0.4) is 0 Å². The number of benzene rings is 2. The monoisotopic (exact) mass is 488 g/mol. The van der Waals surface area contributed by atoms with Gasteiger partial charge in [-0.1, -0.05) is 18.2 Å². The summed E-state index contributed by atoms with van der Waals surface area (Å²) in [6.45, 7) is 3.24. The molecule has 1 heterocycles. The molecule has 0 saturated carbocycles. The summed E-state index contributed by atoms with van der Waals surface area (Å²) in [6.07, 6.45) is -4.52. The van der Waals surface area contributed by atoms with Crippen LogP contribution < -0.4 is 10.1 Å². The number of alkyl halides is 3. The number of Topliss-reactive ketones (excluding diaryl/α,β-unsaturated/α-hetero) is 1. The Kier molecular flexibility index (Phi) is 7.64. The first kappa shape index (κ1) is 26.0. The van der Waals surface area contributed by atoms with Crippen molar-refractivity contribution >= 4 is 11.7 Å². The number of nitrogens with zero attached hydrogens (tertiary/aromatic N) is 3. The standard InChI is InChI=1S/C25H27F3N4O3/c1-15-22(16(2)32(30-15)19-10-7-9-18(13-19)25(26,27)28)23(33)24(34)29-14-21(31(3)4)17-8-6-11-20(12-17)35-5/h6-13,21H,14H2,1-5H3,(H,29,34). The molecule has 0 aliphatic heterocycles. The van der Waals surface area contributed by atoms with E-state index in [1.807, 2.05) is 43.3 Å². The van der Waals surface area contributed by atoms with Crippen LogP contribution in [0, 0.1) is 13.8 Å². The minimum atomic E-state index is -4.52. The number of hydrogen-bond donors (Lipinski definition) is 1. The highest BCUT2D eigenvalue weighted by atomic mass is 19.4. The molecule has 0 spiro atoms. The molecular formula is C25H27F3N4O3. The molecule has 3 aromatic rings. The zero-order valence-electron chi connectivity index (χ0n) is 20.1. The van der Waals surface area contributed by atoms with Crippen molar-refractivity contribution in [3.63, 3.8) is 0 Å². The smallest absolute Gasteiger partial charge is 0.416 e. The third kappa shape index (κ3) is 5.71. The molecule has 1 unspecified atom stereocenters. The molecule has 0 aliphatic rings. The molecule has 0 saturated heterocycles. The molecule has 2 aromatic carbocycles. The minimum Gasteiger partial charge on any atom is -0.497 e. The first-order valence-corrected chi connectivity index (χ1v) is 10.8. The number of aryl methyl sites for hydroxylation is 1. The zero-order valence-corrected chi connectivity index (χ0v) is 20.1. The van der Waals surface area contributed by atoms with Gasteiger partial charge in [-0.25, -0.2) is 4.68 Å². The lowest BCUT2D eigenvalue weighted by Crippen LogP contribution is -2.38. The highest BCUT2D eigenvalue weighted by Crippen LogP contribution is 2.31. The summed E-state index contributed by atoms with van der Waals surface area (Å²) in [7, 11) is 5.27. The molecule has 10 heteroatoms. The fourth-order valence-electron chi connectivity index (χ4n) is 3.87. The number of carbonyl (C=O) groups excluding carboxylic acids is 2. The Morgan fingerprint density at radius 1 is 1.11 bits per heavy atom. The fraction of sp³-hybridized carbons (Fsp3) is 0.320. The second-order valence-corrected chi connectivity index (χ2v) is 8.30. The van der Waals surface area contributed by atoms with Crippen LogP contribution in [-0.4, -0.2) is 54.1 Å². The van der Waals surface area contributed by atoms with Gasteiger partial charge in [-0.15, -0.1) is 0 Å². The molecule has 1 atom stereocenters. The number of ketones is 1. The molecule has 0 fully saturated rings. The lowest BCUT2D eigenvalue weighted by Gasteiger charge is -2.25. The Morgan fingerprint density at radius 3 is 2.43 bits per heavy atom. The summed E-state index contributed by atoms with van der Waals surface area (Å²) in [4.78, 5) is 27.7. The maximum atomic E-state index is 13.1. The number of amides is 1. The number of halogens is 3. The molecule has 3 rings (SSSR count). The number of rotatable bonds is 8. The number of ether oxygens (including phenoxy) is 1. The van der Waals surface area contributed by atoms with Crippen molar-refractivity contribution in [2.75, 3.05) is 27.7 Å². The number of carbonyl (C=O) groups is 2. The van der Waals surface area contributed by atoms with Crippen molar-refractivity contribution in [1.29, 1.82) is 0 Å². The largest absolute Gasteiger partial charge is 0.497 e. The van der Waals surface area contributed by atoms with E-state index in [9.17, 15) is 22.8 Å². The Labute approximate surface area is 201 Å². The quantitative estimate of drug-likeness (QED) is 0.381. The van der Waals surface area contributed by atoms with Gasteiger partial charge in [0.15, 0.2) is 0 Å². The SMILES string of the molecule is COc1cccc(C(CNC(=O)C(=O)c2c(C)nn(-c3cccc(C(F)(F)F)c3)c2C)N(C)C)c1. The molecule has 35 heavy (non-hydrogen) atoms. The summed E-state index contributed by atoms with van der Waals surface area (Å²) < 4.78 is 45.9. The van der Waals surface area contributed by atoms with E-state index in [-0.39, 0.29) is 35.2 Å². The Balaban J connectivity index is 1.82. The fourth-order valence-corrected chi connectivity index (χ4v) is 3.87. The van der Waals surface area contributed by atoms with E-state index in [0.29, 0.717) is 5.75 Å². The van der Waals surface area contributed by atoms with Crippen molar-refractivity contribution in [3.8, 4) is 11.4 Å². The third-order valence-electron chi connectivity index (χ3n) is 5.70. The van der Waals surface area contributed by atoms with Crippen molar-refractivity contribution in [2.45, 2.75) is 26.1 Å².